The molecule has 2 atom stereocenters. The fourth-order valence-corrected chi connectivity index (χ4v) is 2.99. The number of aldehydes is 1. The van der Waals surface area contributed by atoms with Gasteiger partial charge >= 0.3 is 5.97 Å². The Labute approximate surface area is 141 Å². The topological polar surface area (TPSA) is 72.9 Å². The minimum atomic E-state index is -0.637. The van der Waals surface area contributed by atoms with E-state index >= 15 is 0 Å². The highest BCUT2D eigenvalue weighted by molar-refractivity contribution is 5.82. The summed E-state index contributed by atoms with van der Waals surface area (Å²) in [6.45, 7) is 5.00. The Morgan fingerprint density at radius 2 is 1.83 bits per heavy atom. The predicted molar refractivity (Wildman–Crippen MR) is 87.8 cm³/mol. The Morgan fingerprint density at radius 3 is 2.50 bits per heavy atom. The predicted octanol–water partition coefficient (Wildman–Crippen LogP) is 1.93. The molecule has 6 nitrogen and oxygen atoms in total. The normalized spacial score (nSPS) is 20.3. The fraction of sp³-hybridized carbons (Fsp3) is 0.500. The number of rotatable bonds is 6. The van der Waals surface area contributed by atoms with Crippen molar-refractivity contribution in [2.75, 3.05) is 26.3 Å². The van der Waals surface area contributed by atoms with Gasteiger partial charge in [-0.25, -0.2) is 4.79 Å². The van der Waals surface area contributed by atoms with Gasteiger partial charge in [-0.1, -0.05) is 26.0 Å². The summed E-state index contributed by atoms with van der Waals surface area (Å²) >= 11 is 0. The zero-order chi connectivity index (χ0) is 17.5. The zero-order valence-corrected chi connectivity index (χ0v) is 14.1. The zero-order valence-electron chi connectivity index (χ0n) is 14.1. The standard InChI is InChI=1S/C18H23NO5/c1-13-7-14(2)9-19(8-13)17(21)11-24-18(22)12-23-16-6-4-3-5-15(16)10-20/h3-6,10,13-14H,7-9,11-12H2,1-2H3. The second kappa shape index (κ2) is 8.47. The third kappa shape index (κ3) is 5.08. The lowest BCUT2D eigenvalue weighted by Gasteiger charge is -2.34. The molecule has 0 aromatic heterocycles. The molecule has 0 aliphatic carbocycles. The maximum absolute atomic E-state index is 12.1. The number of ether oxygens (including phenoxy) is 2. The Hall–Kier alpha value is -2.37. The summed E-state index contributed by atoms with van der Waals surface area (Å²) in [5, 5.41) is 0. The Balaban J connectivity index is 1.76. The van der Waals surface area contributed by atoms with Crippen LogP contribution in [0, 0.1) is 11.8 Å². The smallest absolute Gasteiger partial charge is 0.344 e. The van der Waals surface area contributed by atoms with Crippen LogP contribution < -0.4 is 4.74 Å². The van der Waals surface area contributed by atoms with E-state index in [2.05, 4.69) is 13.8 Å². The molecule has 2 unspecified atom stereocenters. The van der Waals surface area contributed by atoms with Gasteiger partial charge in [-0.05, 0) is 30.4 Å². The molecule has 1 heterocycles. The molecule has 1 aliphatic rings. The fourth-order valence-electron chi connectivity index (χ4n) is 2.99. The number of benzene rings is 1. The molecule has 0 N–H and O–H groups in total. The van der Waals surface area contributed by atoms with Crippen LogP contribution in [0.5, 0.6) is 5.75 Å². The highest BCUT2D eigenvalue weighted by atomic mass is 16.6. The third-order valence-electron chi connectivity index (χ3n) is 3.97. The van der Waals surface area contributed by atoms with E-state index < -0.39 is 5.97 Å². The molecule has 1 fully saturated rings. The summed E-state index contributed by atoms with van der Waals surface area (Å²) in [7, 11) is 0. The average Bonchev–Trinajstić information content (AvgIpc) is 2.57. The monoisotopic (exact) mass is 333 g/mol. The molecule has 130 valence electrons. The van der Waals surface area contributed by atoms with Gasteiger partial charge in [-0.15, -0.1) is 0 Å². The molecule has 1 aromatic rings. The number of likely N-dealkylation sites (tertiary alicyclic amines) is 1. The molecular weight excluding hydrogens is 310 g/mol. The van der Waals surface area contributed by atoms with Crippen molar-refractivity contribution in [1.82, 2.24) is 4.90 Å². The van der Waals surface area contributed by atoms with Crippen LogP contribution in [0.15, 0.2) is 24.3 Å². The van der Waals surface area contributed by atoms with Crippen LogP contribution >= 0.6 is 0 Å². The summed E-state index contributed by atoms with van der Waals surface area (Å²) in [5.41, 5.74) is 0.359. The minimum Gasteiger partial charge on any atom is -0.481 e. The first kappa shape index (κ1) is 18.0. The number of amides is 1. The van der Waals surface area contributed by atoms with Crippen molar-refractivity contribution < 1.29 is 23.9 Å². The molecule has 0 bridgehead atoms. The number of piperidine rings is 1. The lowest BCUT2D eigenvalue weighted by molar-refractivity contribution is -0.154. The first-order chi connectivity index (χ1) is 11.5. The molecule has 1 aliphatic heterocycles. The largest absolute Gasteiger partial charge is 0.481 e. The van der Waals surface area contributed by atoms with Crippen molar-refractivity contribution in [2.45, 2.75) is 20.3 Å². The van der Waals surface area contributed by atoms with E-state index in [4.69, 9.17) is 9.47 Å². The summed E-state index contributed by atoms with van der Waals surface area (Å²) in [4.78, 5) is 36.5. The van der Waals surface area contributed by atoms with Gasteiger partial charge in [-0.3, -0.25) is 9.59 Å². The number of para-hydroxylation sites is 1. The van der Waals surface area contributed by atoms with E-state index in [1.807, 2.05) is 0 Å². The van der Waals surface area contributed by atoms with Crippen molar-refractivity contribution in [1.29, 1.82) is 0 Å². The molecule has 0 saturated carbocycles. The van der Waals surface area contributed by atoms with Gasteiger partial charge < -0.3 is 14.4 Å². The van der Waals surface area contributed by atoms with Crippen molar-refractivity contribution in [3.05, 3.63) is 29.8 Å². The highest BCUT2D eigenvalue weighted by Gasteiger charge is 2.25. The Morgan fingerprint density at radius 1 is 1.17 bits per heavy atom. The average molecular weight is 333 g/mol. The number of hydrogen-bond donors (Lipinski definition) is 0. The summed E-state index contributed by atoms with van der Waals surface area (Å²) in [6.07, 6.45) is 1.76. The van der Waals surface area contributed by atoms with Crippen LogP contribution in [0.3, 0.4) is 0 Å². The van der Waals surface area contributed by atoms with Crippen LogP contribution in [-0.4, -0.2) is 49.4 Å². The number of hydrogen-bond acceptors (Lipinski definition) is 5. The number of nitrogens with zero attached hydrogens (tertiary/aromatic N) is 1. The highest BCUT2D eigenvalue weighted by Crippen LogP contribution is 2.21. The Bertz CT molecular complexity index is 591. The first-order valence-electron chi connectivity index (χ1n) is 8.10. The van der Waals surface area contributed by atoms with E-state index in [0.29, 0.717) is 42.5 Å². The third-order valence-corrected chi connectivity index (χ3v) is 3.97. The summed E-state index contributed by atoms with van der Waals surface area (Å²) in [5.74, 6) is 0.403. The summed E-state index contributed by atoms with van der Waals surface area (Å²) < 4.78 is 10.3. The van der Waals surface area contributed by atoms with E-state index in [0.717, 1.165) is 6.42 Å². The van der Waals surface area contributed by atoms with Crippen molar-refractivity contribution in [3.8, 4) is 5.75 Å². The van der Waals surface area contributed by atoms with Crippen molar-refractivity contribution >= 4 is 18.2 Å². The van der Waals surface area contributed by atoms with E-state index in [1.54, 1.807) is 29.2 Å². The van der Waals surface area contributed by atoms with Gasteiger partial charge in [0.05, 0.1) is 5.56 Å². The number of carbonyl (C=O) groups excluding carboxylic acids is 3. The van der Waals surface area contributed by atoms with Crippen LogP contribution in [0.2, 0.25) is 0 Å². The van der Waals surface area contributed by atoms with Crippen LogP contribution in [0.25, 0.3) is 0 Å². The van der Waals surface area contributed by atoms with Gasteiger partial charge in [0.15, 0.2) is 19.5 Å². The molecule has 1 aromatic carbocycles. The molecule has 2 rings (SSSR count). The quantitative estimate of drug-likeness (QED) is 0.587. The van der Waals surface area contributed by atoms with Crippen molar-refractivity contribution in [3.63, 3.8) is 0 Å². The maximum Gasteiger partial charge on any atom is 0.344 e. The van der Waals surface area contributed by atoms with Crippen LogP contribution in [-0.2, 0) is 14.3 Å². The second-order valence-corrected chi connectivity index (χ2v) is 6.35. The van der Waals surface area contributed by atoms with Crippen molar-refractivity contribution in [2.24, 2.45) is 11.8 Å². The molecule has 0 radical (unpaired) electrons. The summed E-state index contributed by atoms with van der Waals surface area (Å²) in [6, 6.07) is 6.60. The first-order valence-corrected chi connectivity index (χ1v) is 8.10. The minimum absolute atomic E-state index is 0.185. The van der Waals surface area contributed by atoms with Crippen LogP contribution in [0.4, 0.5) is 0 Å². The van der Waals surface area contributed by atoms with Gasteiger partial charge in [0.2, 0.25) is 0 Å². The molecule has 6 heteroatoms. The molecule has 0 spiro atoms. The SMILES string of the molecule is CC1CC(C)CN(C(=O)COC(=O)COc2ccccc2C=O)C1. The Kier molecular flexibility index (Phi) is 6.35. The number of esters is 1. The van der Waals surface area contributed by atoms with Gasteiger partial charge in [0.1, 0.15) is 5.75 Å². The van der Waals surface area contributed by atoms with E-state index in [9.17, 15) is 14.4 Å². The maximum atomic E-state index is 12.1. The lowest BCUT2D eigenvalue weighted by atomic mass is 9.92. The van der Waals surface area contributed by atoms with Gasteiger partial charge in [-0.2, -0.15) is 0 Å². The second-order valence-electron chi connectivity index (χ2n) is 6.35. The van der Waals surface area contributed by atoms with Crippen LogP contribution in [0.1, 0.15) is 30.6 Å². The van der Waals surface area contributed by atoms with E-state index in [-0.39, 0.29) is 19.1 Å². The molecule has 24 heavy (non-hydrogen) atoms. The van der Waals surface area contributed by atoms with E-state index in [1.165, 1.54) is 0 Å². The van der Waals surface area contributed by atoms with Gasteiger partial charge in [0.25, 0.3) is 5.91 Å². The molecule has 1 saturated heterocycles. The lowest BCUT2D eigenvalue weighted by Crippen LogP contribution is -2.44. The number of carbonyl (C=O) groups is 3. The van der Waals surface area contributed by atoms with Gasteiger partial charge in [0, 0.05) is 13.1 Å². The molecular formula is C18H23NO5. The molecule has 1 amide bonds.